The molecule has 0 spiro atoms. The van der Waals surface area contributed by atoms with Crippen molar-refractivity contribution >= 4 is 11.6 Å². The van der Waals surface area contributed by atoms with Crippen molar-refractivity contribution in [3.05, 3.63) is 16.9 Å². The van der Waals surface area contributed by atoms with Crippen LogP contribution in [0, 0.1) is 0 Å². The molecule has 1 heterocycles. The van der Waals surface area contributed by atoms with Crippen molar-refractivity contribution in [2.24, 2.45) is 0 Å². The number of rotatable bonds is 3. The highest BCUT2D eigenvalue weighted by Crippen LogP contribution is 2.36. The summed E-state index contributed by atoms with van der Waals surface area (Å²) < 4.78 is 2.10. The summed E-state index contributed by atoms with van der Waals surface area (Å²) >= 11 is 6.36. The van der Waals surface area contributed by atoms with Crippen molar-refractivity contribution in [2.45, 2.75) is 64.0 Å². The maximum absolute atomic E-state index is 6.36. The number of aromatic nitrogens is 2. The molecule has 102 valence electrons. The lowest BCUT2D eigenvalue weighted by Crippen LogP contribution is -2.26. The van der Waals surface area contributed by atoms with Crippen LogP contribution in [0.2, 0.25) is 5.02 Å². The van der Waals surface area contributed by atoms with E-state index in [1.807, 2.05) is 0 Å². The molecule has 1 aromatic heterocycles. The molecule has 0 aromatic carbocycles. The highest BCUT2D eigenvalue weighted by Gasteiger charge is 2.26. The zero-order valence-electron chi connectivity index (χ0n) is 11.6. The zero-order valence-corrected chi connectivity index (χ0v) is 12.4. The second kappa shape index (κ2) is 6.07. The van der Waals surface area contributed by atoms with E-state index in [2.05, 4.69) is 36.0 Å². The third-order valence-corrected chi connectivity index (χ3v) is 4.29. The summed E-state index contributed by atoms with van der Waals surface area (Å²) in [6.45, 7) is 4.33. The van der Waals surface area contributed by atoms with Crippen molar-refractivity contribution in [2.75, 3.05) is 7.05 Å². The summed E-state index contributed by atoms with van der Waals surface area (Å²) in [6.07, 6.45) is 8.10. The number of halogens is 1. The van der Waals surface area contributed by atoms with Crippen LogP contribution >= 0.6 is 11.6 Å². The highest BCUT2D eigenvalue weighted by molar-refractivity contribution is 6.31. The topological polar surface area (TPSA) is 29.9 Å². The molecule has 0 bridgehead atoms. The van der Waals surface area contributed by atoms with E-state index in [9.17, 15) is 0 Å². The minimum Gasteiger partial charge on any atom is -0.317 e. The Kier molecular flexibility index (Phi) is 4.68. The first-order chi connectivity index (χ1) is 8.63. The molecular formula is C14H24ClN3. The first-order valence-corrected chi connectivity index (χ1v) is 7.41. The third-order valence-electron chi connectivity index (χ3n) is 4.00. The maximum Gasteiger partial charge on any atom is 0.0820 e. The number of nitrogens with one attached hydrogen (secondary N) is 1. The zero-order chi connectivity index (χ0) is 13.1. The Hall–Kier alpha value is -0.540. The van der Waals surface area contributed by atoms with Gasteiger partial charge in [-0.1, -0.05) is 24.4 Å². The van der Waals surface area contributed by atoms with Gasteiger partial charge in [0.2, 0.25) is 0 Å². The summed E-state index contributed by atoms with van der Waals surface area (Å²) in [5, 5.41) is 8.71. The monoisotopic (exact) mass is 269 g/mol. The minimum absolute atomic E-state index is 0.379. The van der Waals surface area contributed by atoms with Gasteiger partial charge in [0.05, 0.1) is 16.9 Å². The van der Waals surface area contributed by atoms with E-state index in [-0.39, 0.29) is 0 Å². The van der Waals surface area contributed by atoms with Gasteiger partial charge < -0.3 is 5.32 Å². The van der Waals surface area contributed by atoms with Crippen molar-refractivity contribution in [1.82, 2.24) is 15.1 Å². The average molecular weight is 270 g/mol. The summed E-state index contributed by atoms with van der Waals surface area (Å²) in [4.78, 5) is 0. The molecule has 1 aliphatic rings. The average Bonchev–Trinajstić information content (AvgIpc) is 2.60. The van der Waals surface area contributed by atoms with Gasteiger partial charge in [0.25, 0.3) is 0 Å². The Bertz CT molecular complexity index is 386. The molecular weight excluding hydrogens is 246 g/mol. The first-order valence-electron chi connectivity index (χ1n) is 7.03. The Balaban J connectivity index is 2.26. The molecule has 1 fully saturated rings. The number of hydrogen-bond donors (Lipinski definition) is 1. The second-order valence-corrected chi connectivity index (χ2v) is 6.03. The van der Waals surface area contributed by atoms with Crippen LogP contribution in [0.3, 0.4) is 0 Å². The van der Waals surface area contributed by atoms with Crippen LogP contribution in [-0.4, -0.2) is 22.9 Å². The normalized spacial score (nSPS) is 25.4. The third kappa shape index (κ3) is 2.89. The van der Waals surface area contributed by atoms with Crippen LogP contribution in [0.1, 0.15) is 63.6 Å². The van der Waals surface area contributed by atoms with E-state index in [0.717, 1.165) is 5.02 Å². The summed E-state index contributed by atoms with van der Waals surface area (Å²) in [5.41, 5.74) is 1.24. The Morgan fingerprint density at radius 1 is 1.39 bits per heavy atom. The van der Waals surface area contributed by atoms with Crippen LogP contribution in [-0.2, 0) is 0 Å². The molecule has 0 radical (unpaired) electrons. The second-order valence-electron chi connectivity index (χ2n) is 5.62. The Labute approximate surface area is 115 Å². The maximum atomic E-state index is 6.36. The standard InChI is InChI=1S/C14H24ClN3/c1-10(2)18-14(13(15)9-17-18)11-6-4-5-7-12(8-11)16-3/h9-12,16H,4-8H2,1-3H3. The Morgan fingerprint density at radius 2 is 2.11 bits per heavy atom. The molecule has 18 heavy (non-hydrogen) atoms. The summed E-state index contributed by atoms with van der Waals surface area (Å²) in [6, 6.07) is 0.993. The molecule has 0 aliphatic heterocycles. The van der Waals surface area contributed by atoms with E-state index >= 15 is 0 Å². The molecule has 4 heteroatoms. The fourth-order valence-electron chi connectivity index (χ4n) is 3.02. The predicted octanol–water partition coefficient (Wildman–Crippen LogP) is 3.75. The van der Waals surface area contributed by atoms with Crippen molar-refractivity contribution in [3.63, 3.8) is 0 Å². The van der Waals surface area contributed by atoms with Crippen LogP contribution in [0.5, 0.6) is 0 Å². The van der Waals surface area contributed by atoms with E-state index in [4.69, 9.17) is 11.6 Å². The molecule has 2 atom stereocenters. The fourth-order valence-corrected chi connectivity index (χ4v) is 3.30. The number of hydrogen-bond acceptors (Lipinski definition) is 2. The molecule has 0 saturated heterocycles. The molecule has 1 N–H and O–H groups in total. The molecule has 3 nitrogen and oxygen atoms in total. The molecule has 2 rings (SSSR count). The molecule has 1 aliphatic carbocycles. The van der Waals surface area contributed by atoms with E-state index in [0.29, 0.717) is 18.0 Å². The fraction of sp³-hybridized carbons (Fsp3) is 0.786. The van der Waals surface area contributed by atoms with Crippen molar-refractivity contribution < 1.29 is 0 Å². The van der Waals surface area contributed by atoms with Gasteiger partial charge in [0.1, 0.15) is 0 Å². The van der Waals surface area contributed by atoms with E-state index in [1.54, 1.807) is 6.20 Å². The molecule has 0 amide bonds. The van der Waals surface area contributed by atoms with Gasteiger partial charge in [0, 0.05) is 18.0 Å². The smallest absolute Gasteiger partial charge is 0.0820 e. The van der Waals surface area contributed by atoms with Crippen LogP contribution in [0.4, 0.5) is 0 Å². The predicted molar refractivity (Wildman–Crippen MR) is 76.3 cm³/mol. The Morgan fingerprint density at radius 3 is 2.78 bits per heavy atom. The van der Waals surface area contributed by atoms with Crippen LogP contribution in [0.25, 0.3) is 0 Å². The SMILES string of the molecule is CNC1CCCCC(c2c(Cl)cnn2C(C)C)C1. The van der Waals surface area contributed by atoms with Crippen molar-refractivity contribution in [1.29, 1.82) is 0 Å². The van der Waals surface area contributed by atoms with Gasteiger partial charge in [0.15, 0.2) is 0 Å². The van der Waals surface area contributed by atoms with Gasteiger partial charge in [-0.25, -0.2) is 0 Å². The van der Waals surface area contributed by atoms with Crippen LogP contribution in [0.15, 0.2) is 6.20 Å². The minimum atomic E-state index is 0.379. The molecule has 1 aromatic rings. The summed E-state index contributed by atoms with van der Waals surface area (Å²) in [7, 11) is 2.06. The van der Waals surface area contributed by atoms with Gasteiger partial charge in [-0.15, -0.1) is 0 Å². The highest BCUT2D eigenvalue weighted by atomic mass is 35.5. The molecule has 1 saturated carbocycles. The van der Waals surface area contributed by atoms with Gasteiger partial charge in [-0.2, -0.15) is 5.10 Å². The van der Waals surface area contributed by atoms with E-state index in [1.165, 1.54) is 37.8 Å². The van der Waals surface area contributed by atoms with E-state index < -0.39 is 0 Å². The lowest BCUT2D eigenvalue weighted by molar-refractivity contribution is 0.430. The lowest BCUT2D eigenvalue weighted by Gasteiger charge is -2.22. The largest absolute Gasteiger partial charge is 0.317 e. The molecule has 2 unspecified atom stereocenters. The first kappa shape index (κ1) is 13.9. The van der Waals surface area contributed by atoms with Gasteiger partial charge >= 0.3 is 0 Å². The number of nitrogens with zero attached hydrogens (tertiary/aromatic N) is 2. The van der Waals surface area contributed by atoms with Crippen molar-refractivity contribution in [3.8, 4) is 0 Å². The quantitative estimate of drug-likeness (QED) is 0.847. The van der Waals surface area contributed by atoms with Gasteiger partial charge in [-0.05, 0) is 40.2 Å². The lowest BCUT2D eigenvalue weighted by atomic mass is 9.94. The summed E-state index contributed by atoms with van der Waals surface area (Å²) in [5.74, 6) is 0.544. The van der Waals surface area contributed by atoms with Crippen LogP contribution < -0.4 is 5.32 Å². The van der Waals surface area contributed by atoms with Gasteiger partial charge in [-0.3, -0.25) is 4.68 Å².